The van der Waals surface area contributed by atoms with Gasteiger partial charge in [-0.2, -0.15) is 0 Å². The normalized spacial score (nSPS) is 11.0. The number of carbonyl (C=O) groups is 1. The highest BCUT2D eigenvalue weighted by molar-refractivity contribution is 7.80. The van der Waals surface area contributed by atoms with E-state index in [0.29, 0.717) is 38.3 Å². The quantitative estimate of drug-likeness (QED) is 0.264. The van der Waals surface area contributed by atoms with Crippen LogP contribution in [0, 0.1) is 0 Å². The molecular formula is C25H15Cl2N3O2S. The lowest BCUT2D eigenvalue weighted by Crippen LogP contribution is -2.34. The molecule has 0 spiro atoms. The van der Waals surface area contributed by atoms with Gasteiger partial charge in [-0.05, 0) is 72.2 Å². The third kappa shape index (κ3) is 4.41. The van der Waals surface area contributed by atoms with Crippen LogP contribution in [0.5, 0.6) is 0 Å². The summed E-state index contributed by atoms with van der Waals surface area (Å²) in [5.74, 6) is 0.173. The van der Waals surface area contributed by atoms with Gasteiger partial charge in [-0.15, -0.1) is 0 Å². The number of nitrogens with zero attached hydrogens (tertiary/aromatic N) is 1. The lowest BCUT2D eigenvalue weighted by molar-refractivity contribution is 0.0979. The Bertz CT molecular complexity index is 1530. The lowest BCUT2D eigenvalue weighted by atomic mass is 10.0. The number of hydrogen-bond acceptors (Lipinski definition) is 4. The highest BCUT2D eigenvalue weighted by Gasteiger charge is 2.13. The zero-order chi connectivity index (χ0) is 22.9. The molecule has 0 aliphatic carbocycles. The average molecular weight is 492 g/mol. The van der Waals surface area contributed by atoms with Gasteiger partial charge in [-0.3, -0.25) is 10.1 Å². The number of aromatic nitrogens is 1. The predicted octanol–water partition coefficient (Wildman–Crippen LogP) is 7.08. The van der Waals surface area contributed by atoms with Crippen molar-refractivity contribution in [2.24, 2.45) is 0 Å². The Balaban J connectivity index is 1.29. The summed E-state index contributed by atoms with van der Waals surface area (Å²) in [5.41, 5.74) is 3.36. The Labute approximate surface area is 204 Å². The van der Waals surface area contributed by atoms with Gasteiger partial charge in [0.1, 0.15) is 5.52 Å². The van der Waals surface area contributed by atoms with Gasteiger partial charge in [0.2, 0.25) is 5.89 Å². The van der Waals surface area contributed by atoms with E-state index in [1.807, 2.05) is 42.5 Å². The Kier molecular flexibility index (Phi) is 5.72. The number of carbonyl (C=O) groups excluding carboxylic acids is 1. The average Bonchev–Trinajstić information content (AvgIpc) is 3.22. The molecule has 5 nitrogen and oxygen atoms in total. The molecule has 0 aliphatic rings. The third-order valence-corrected chi connectivity index (χ3v) is 5.85. The van der Waals surface area contributed by atoms with Crippen molar-refractivity contribution in [1.82, 2.24) is 10.3 Å². The molecule has 1 amide bonds. The van der Waals surface area contributed by atoms with Crippen molar-refractivity contribution in [2.45, 2.75) is 0 Å². The molecule has 0 fully saturated rings. The van der Waals surface area contributed by atoms with Gasteiger partial charge in [-0.1, -0.05) is 47.5 Å². The highest BCUT2D eigenvalue weighted by atomic mass is 35.5. The van der Waals surface area contributed by atoms with Crippen LogP contribution in [0.2, 0.25) is 10.0 Å². The molecule has 2 N–H and O–H groups in total. The molecule has 0 radical (unpaired) electrons. The molecule has 33 heavy (non-hydrogen) atoms. The summed E-state index contributed by atoms with van der Waals surface area (Å²) in [6, 6.07) is 23.5. The predicted molar refractivity (Wildman–Crippen MR) is 137 cm³/mol. The van der Waals surface area contributed by atoms with E-state index in [4.69, 9.17) is 39.8 Å². The SMILES string of the molecule is O=C(NC(=S)Nc1ccc(-c2nc3cc(Cl)ccc3o2)cc1)c1cccc2c(Cl)cccc12. The number of benzene rings is 4. The first-order valence-corrected chi connectivity index (χ1v) is 11.1. The number of oxazole rings is 1. The number of halogens is 2. The highest BCUT2D eigenvalue weighted by Crippen LogP contribution is 2.28. The number of thiocarbonyl (C=S) groups is 1. The van der Waals surface area contributed by atoms with Crippen LogP contribution in [0.1, 0.15) is 10.4 Å². The van der Waals surface area contributed by atoms with Crippen LogP contribution in [0.3, 0.4) is 0 Å². The number of hydrogen-bond donors (Lipinski definition) is 2. The van der Waals surface area contributed by atoms with Crippen molar-refractivity contribution in [3.05, 3.63) is 94.5 Å². The first-order valence-electron chi connectivity index (χ1n) is 9.94. The van der Waals surface area contributed by atoms with E-state index < -0.39 is 0 Å². The first kappa shape index (κ1) is 21.4. The molecule has 0 bridgehead atoms. The molecule has 0 saturated heterocycles. The fourth-order valence-electron chi connectivity index (χ4n) is 3.52. The standard InChI is InChI=1S/C25H15Cl2N3O2S/c26-15-9-12-22-21(13-15)29-24(32-22)14-7-10-16(11-8-14)28-25(33)30-23(31)19-5-1-4-18-17(19)3-2-6-20(18)27/h1-13H,(H2,28,30,31,33). The molecule has 1 aromatic heterocycles. The van der Waals surface area contributed by atoms with E-state index in [1.54, 1.807) is 36.4 Å². The molecule has 5 aromatic rings. The van der Waals surface area contributed by atoms with Gasteiger partial charge in [0, 0.05) is 32.2 Å². The van der Waals surface area contributed by atoms with Crippen LogP contribution in [0.4, 0.5) is 5.69 Å². The van der Waals surface area contributed by atoms with E-state index >= 15 is 0 Å². The van der Waals surface area contributed by atoms with E-state index in [1.165, 1.54) is 0 Å². The van der Waals surface area contributed by atoms with Gasteiger partial charge >= 0.3 is 0 Å². The van der Waals surface area contributed by atoms with Crippen LogP contribution < -0.4 is 10.6 Å². The van der Waals surface area contributed by atoms with Crippen LogP contribution in [-0.4, -0.2) is 16.0 Å². The van der Waals surface area contributed by atoms with E-state index in [-0.39, 0.29) is 11.0 Å². The lowest BCUT2D eigenvalue weighted by Gasteiger charge is -2.11. The zero-order valence-electron chi connectivity index (χ0n) is 16.9. The van der Waals surface area contributed by atoms with Crippen molar-refractivity contribution in [3.63, 3.8) is 0 Å². The maximum absolute atomic E-state index is 12.8. The topological polar surface area (TPSA) is 67.2 Å². The maximum Gasteiger partial charge on any atom is 0.258 e. The van der Waals surface area contributed by atoms with Crippen LogP contribution in [0.15, 0.2) is 83.3 Å². The Morgan fingerprint density at radius 3 is 2.48 bits per heavy atom. The van der Waals surface area contributed by atoms with E-state index in [9.17, 15) is 4.79 Å². The van der Waals surface area contributed by atoms with Crippen molar-refractivity contribution in [3.8, 4) is 11.5 Å². The summed E-state index contributed by atoms with van der Waals surface area (Å²) in [6.07, 6.45) is 0. The summed E-state index contributed by atoms with van der Waals surface area (Å²) in [5, 5.41) is 8.68. The summed E-state index contributed by atoms with van der Waals surface area (Å²) in [4.78, 5) is 17.3. The molecule has 0 saturated carbocycles. The number of amides is 1. The number of nitrogens with one attached hydrogen (secondary N) is 2. The summed E-state index contributed by atoms with van der Waals surface area (Å²) < 4.78 is 5.79. The molecular weight excluding hydrogens is 477 g/mol. The van der Waals surface area contributed by atoms with Crippen molar-refractivity contribution in [1.29, 1.82) is 0 Å². The summed E-state index contributed by atoms with van der Waals surface area (Å²) in [6.45, 7) is 0. The van der Waals surface area contributed by atoms with Crippen molar-refractivity contribution >= 4 is 74.0 Å². The van der Waals surface area contributed by atoms with Gasteiger partial charge in [0.25, 0.3) is 5.91 Å². The van der Waals surface area contributed by atoms with Gasteiger partial charge in [0.05, 0.1) is 0 Å². The second-order valence-electron chi connectivity index (χ2n) is 7.26. The minimum Gasteiger partial charge on any atom is -0.436 e. The first-order chi connectivity index (χ1) is 16.0. The van der Waals surface area contributed by atoms with Gasteiger partial charge in [0.15, 0.2) is 10.7 Å². The molecule has 4 aromatic carbocycles. The smallest absolute Gasteiger partial charge is 0.258 e. The number of rotatable bonds is 3. The monoisotopic (exact) mass is 491 g/mol. The fraction of sp³-hybridized carbons (Fsp3) is 0. The molecule has 162 valence electrons. The largest absolute Gasteiger partial charge is 0.436 e. The molecule has 0 unspecified atom stereocenters. The van der Waals surface area contributed by atoms with Crippen LogP contribution >= 0.6 is 35.4 Å². The molecule has 1 heterocycles. The summed E-state index contributed by atoms with van der Waals surface area (Å²) in [7, 11) is 0. The fourth-order valence-corrected chi connectivity index (χ4v) is 4.14. The second kappa shape index (κ2) is 8.83. The zero-order valence-corrected chi connectivity index (χ0v) is 19.3. The second-order valence-corrected chi connectivity index (χ2v) is 8.51. The van der Waals surface area contributed by atoms with E-state index in [2.05, 4.69) is 15.6 Å². The van der Waals surface area contributed by atoms with Crippen LogP contribution in [-0.2, 0) is 0 Å². The van der Waals surface area contributed by atoms with Crippen LogP contribution in [0.25, 0.3) is 33.3 Å². The summed E-state index contributed by atoms with van der Waals surface area (Å²) >= 11 is 17.6. The Morgan fingerprint density at radius 1 is 0.909 bits per heavy atom. The number of fused-ring (bicyclic) bond motifs is 2. The molecule has 0 atom stereocenters. The van der Waals surface area contributed by atoms with Gasteiger partial charge < -0.3 is 9.73 Å². The minimum absolute atomic E-state index is 0.184. The van der Waals surface area contributed by atoms with Crippen molar-refractivity contribution in [2.75, 3.05) is 5.32 Å². The maximum atomic E-state index is 12.8. The Hall–Kier alpha value is -3.45. The van der Waals surface area contributed by atoms with Gasteiger partial charge in [-0.25, -0.2) is 4.98 Å². The molecule has 8 heteroatoms. The van der Waals surface area contributed by atoms with Crippen molar-refractivity contribution < 1.29 is 9.21 Å². The third-order valence-electron chi connectivity index (χ3n) is 5.08. The number of anilines is 1. The van der Waals surface area contributed by atoms with E-state index in [0.717, 1.165) is 16.3 Å². The molecule has 0 aliphatic heterocycles. The Morgan fingerprint density at radius 2 is 1.67 bits per heavy atom. The minimum atomic E-state index is -0.317. The molecule has 5 rings (SSSR count).